The molecule has 1 unspecified atom stereocenters. The molecule has 3 radical (unpaired) electrons. The maximum Gasteiger partial charge on any atom is 0.0474 e. The van der Waals surface area contributed by atoms with Crippen molar-refractivity contribution in [3.8, 4) is 0 Å². The van der Waals surface area contributed by atoms with E-state index in [9.17, 15) is 0 Å². The first-order valence-corrected chi connectivity index (χ1v) is 4.23. The number of rotatable bonds is 1. The summed E-state index contributed by atoms with van der Waals surface area (Å²) in [7, 11) is 0. The summed E-state index contributed by atoms with van der Waals surface area (Å²) in [5.74, 6) is 1.44. The van der Waals surface area contributed by atoms with Crippen LogP contribution in [0.25, 0.3) is 0 Å². The van der Waals surface area contributed by atoms with E-state index < -0.39 is 0 Å². The van der Waals surface area contributed by atoms with Gasteiger partial charge in [-0.25, -0.2) is 0 Å². The van der Waals surface area contributed by atoms with E-state index in [0.717, 1.165) is 12.5 Å². The first kappa shape index (κ1) is 9.08. The summed E-state index contributed by atoms with van der Waals surface area (Å²) in [6, 6.07) is 0. The maximum atomic E-state index is 8.99. The van der Waals surface area contributed by atoms with E-state index in [1.807, 2.05) is 0 Å². The summed E-state index contributed by atoms with van der Waals surface area (Å²) in [4.78, 5) is 2.47. The van der Waals surface area contributed by atoms with Gasteiger partial charge < -0.3 is 10.0 Å². The molecule has 3 aliphatic heterocycles. The molecule has 3 fully saturated rings. The van der Waals surface area contributed by atoms with Gasteiger partial charge in [-0.1, -0.05) is 0 Å². The van der Waals surface area contributed by atoms with Gasteiger partial charge in [0.15, 0.2) is 0 Å². The van der Waals surface area contributed by atoms with Gasteiger partial charge in [0.2, 0.25) is 0 Å². The molecule has 3 aliphatic rings. The second-order valence-corrected chi connectivity index (χ2v) is 3.58. The van der Waals surface area contributed by atoms with Crippen molar-refractivity contribution in [1.29, 1.82) is 0 Å². The number of piperidine rings is 3. The highest BCUT2D eigenvalue weighted by Crippen LogP contribution is 2.31. The van der Waals surface area contributed by atoms with Crippen molar-refractivity contribution in [3.05, 3.63) is 0 Å². The van der Waals surface area contributed by atoms with E-state index in [2.05, 4.69) is 4.90 Å². The van der Waals surface area contributed by atoms with Crippen LogP contribution in [0.1, 0.15) is 12.8 Å². The molecule has 11 heavy (non-hydrogen) atoms. The Morgan fingerprint density at radius 3 is 2.18 bits per heavy atom. The van der Waals surface area contributed by atoms with Gasteiger partial charge in [0.25, 0.3) is 0 Å². The standard InChI is InChI=1S/C8H15NO.B/c10-6-8-5-9-3-1-7(8)2-4-9;/h7-8,10H,1-6H2;. The molecule has 2 bridgehead atoms. The molecule has 0 aromatic carbocycles. The number of nitrogens with zero attached hydrogens (tertiary/aromatic N) is 1. The molecule has 61 valence electrons. The highest BCUT2D eigenvalue weighted by atomic mass is 16.3. The summed E-state index contributed by atoms with van der Waals surface area (Å²) < 4.78 is 0. The lowest BCUT2D eigenvalue weighted by atomic mass is 9.80. The molecule has 3 rings (SSSR count). The summed E-state index contributed by atoms with van der Waals surface area (Å²) in [5.41, 5.74) is 0. The van der Waals surface area contributed by atoms with Crippen LogP contribution >= 0.6 is 0 Å². The van der Waals surface area contributed by atoms with Crippen LogP contribution in [0.4, 0.5) is 0 Å². The molecule has 1 atom stereocenters. The van der Waals surface area contributed by atoms with Crippen molar-refractivity contribution in [1.82, 2.24) is 4.90 Å². The summed E-state index contributed by atoms with van der Waals surface area (Å²) in [6.45, 7) is 4.12. The molecule has 0 amide bonds. The third-order valence-electron chi connectivity index (χ3n) is 3.03. The lowest BCUT2D eigenvalue weighted by Crippen LogP contribution is -2.48. The van der Waals surface area contributed by atoms with Crippen molar-refractivity contribution in [2.24, 2.45) is 11.8 Å². The molecule has 3 heterocycles. The zero-order chi connectivity index (χ0) is 6.97. The number of hydrogen-bond acceptors (Lipinski definition) is 2. The number of aliphatic hydroxyl groups excluding tert-OH is 1. The Labute approximate surface area is 70.2 Å². The minimum atomic E-state index is 0. The predicted octanol–water partition coefficient (Wildman–Crippen LogP) is -0.0603. The van der Waals surface area contributed by atoms with Gasteiger partial charge in [-0.2, -0.15) is 0 Å². The van der Waals surface area contributed by atoms with E-state index in [4.69, 9.17) is 5.11 Å². The number of hydrogen-bond donors (Lipinski definition) is 1. The Morgan fingerprint density at radius 2 is 1.91 bits per heavy atom. The van der Waals surface area contributed by atoms with Crippen LogP contribution in [0.2, 0.25) is 0 Å². The Balaban J connectivity index is 0.000000605. The van der Waals surface area contributed by atoms with Gasteiger partial charge in [-0.05, 0) is 37.8 Å². The Bertz CT molecular complexity index is 123. The molecule has 2 nitrogen and oxygen atoms in total. The van der Waals surface area contributed by atoms with E-state index in [1.165, 1.54) is 25.9 Å². The number of fused-ring (bicyclic) bond motifs is 3. The van der Waals surface area contributed by atoms with Crippen molar-refractivity contribution < 1.29 is 5.11 Å². The fraction of sp³-hybridized carbons (Fsp3) is 1.00. The van der Waals surface area contributed by atoms with Crippen LogP contribution < -0.4 is 0 Å². The molecule has 0 saturated carbocycles. The second kappa shape index (κ2) is 3.59. The SMILES string of the molecule is OCC1CN2CCC1CC2.[B]. The van der Waals surface area contributed by atoms with Crippen molar-refractivity contribution >= 4 is 8.41 Å². The molecule has 0 aromatic heterocycles. The molecule has 0 aliphatic carbocycles. The third kappa shape index (κ3) is 1.59. The maximum absolute atomic E-state index is 8.99. The molecule has 0 spiro atoms. The summed E-state index contributed by atoms with van der Waals surface area (Å²) in [5, 5.41) is 8.99. The fourth-order valence-corrected chi connectivity index (χ4v) is 2.29. The quantitative estimate of drug-likeness (QED) is 0.532. The topological polar surface area (TPSA) is 23.5 Å². The van der Waals surface area contributed by atoms with E-state index in [1.54, 1.807) is 0 Å². The zero-order valence-corrected chi connectivity index (χ0v) is 6.87. The molecular formula is C8H15BNO. The van der Waals surface area contributed by atoms with Crippen molar-refractivity contribution in [2.75, 3.05) is 26.2 Å². The first-order chi connectivity index (χ1) is 4.90. The fourth-order valence-electron chi connectivity index (χ4n) is 2.29. The first-order valence-electron chi connectivity index (χ1n) is 4.23. The van der Waals surface area contributed by atoms with Gasteiger partial charge in [0.1, 0.15) is 0 Å². The van der Waals surface area contributed by atoms with Crippen LogP contribution in [-0.4, -0.2) is 44.7 Å². The second-order valence-electron chi connectivity index (χ2n) is 3.58. The lowest BCUT2D eigenvalue weighted by Gasteiger charge is -2.44. The minimum Gasteiger partial charge on any atom is -0.396 e. The smallest absolute Gasteiger partial charge is 0.0474 e. The minimum absolute atomic E-state index is 0. The average molecular weight is 152 g/mol. The normalized spacial score (nSPS) is 41.7. The molecule has 3 saturated heterocycles. The van der Waals surface area contributed by atoms with Gasteiger partial charge in [-0.15, -0.1) is 0 Å². The van der Waals surface area contributed by atoms with E-state index in [0.29, 0.717) is 12.5 Å². The van der Waals surface area contributed by atoms with Crippen molar-refractivity contribution in [3.63, 3.8) is 0 Å². The third-order valence-corrected chi connectivity index (χ3v) is 3.03. The summed E-state index contributed by atoms with van der Waals surface area (Å²) >= 11 is 0. The molecular weight excluding hydrogens is 137 g/mol. The number of aliphatic hydroxyl groups is 1. The highest BCUT2D eigenvalue weighted by Gasteiger charge is 2.33. The van der Waals surface area contributed by atoms with Crippen LogP contribution in [0.5, 0.6) is 0 Å². The van der Waals surface area contributed by atoms with E-state index >= 15 is 0 Å². The van der Waals surface area contributed by atoms with Crippen LogP contribution in [-0.2, 0) is 0 Å². The van der Waals surface area contributed by atoms with E-state index in [-0.39, 0.29) is 8.41 Å². The van der Waals surface area contributed by atoms with Gasteiger partial charge in [0.05, 0.1) is 0 Å². The van der Waals surface area contributed by atoms with Crippen LogP contribution in [0.3, 0.4) is 0 Å². The van der Waals surface area contributed by atoms with Crippen LogP contribution in [0, 0.1) is 11.8 Å². The zero-order valence-electron chi connectivity index (χ0n) is 6.87. The van der Waals surface area contributed by atoms with Crippen molar-refractivity contribution in [2.45, 2.75) is 12.8 Å². The van der Waals surface area contributed by atoms with Gasteiger partial charge in [0, 0.05) is 21.6 Å². The largest absolute Gasteiger partial charge is 0.396 e. The molecule has 1 N–H and O–H groups in total. The molecule has 3 heteroatoms. The van der Waals surface area contributed by atoms with Crippen LogP contribution in [0.15, 0.2) is 0 Å². The monoisotopic (exact) mass is 152 g/mol. The lowest BCUT2D eigenvalue weighted by molar-refractivity contribution is 0.0198. The Hall–Kier alpha value is -0.0151. The predicted molar refractivity (Wildman–Crippen MR) is 45.5 cm³/mol. The Kier molecular flexibility index (Phi) is 2.96. The average Bonchev–Trinajstić information content (AvgIpc) is 2.06. The highest BCUT2D eigenvalue weighted by molar-refractivity contribution is 5.75. The summed E-state index contributed by atoms with van der Waals surface area (Å²) in [6.07, 6.45) is 2.65. The molecule has 0 aromatic rings. The Morgan fingerprint density at radius 1 is 1.27 bits per heavy atom. The van der Waals surface area contributed by atoms with Gasteiger partial charge in [-0.3, -0.25) is 0 Å². The van der Waals surface area contributed by atoms with Gasteiger partial charge >= 0.3 is 0 Å².